The minimum atomic E-state index is -0.214. The number of rotatable bonds is 10. The smallest absolute Gasteiger partial charge is 0.255 e. The molecule has 3 N–H and O–H groups in total. The zero-order valence-corrected chi connectivity index (χ0v) is 17.4. The van der Waals surface area contributed by atoms with Crippen LogP contribution in [-0.4, -0.2) is 51.4 Å². The summed E-state index contributed by atoms with van der Waals surface area (Å²) in [5.41, 5.74) is 3.05. The Balaban J connectivity index is 1.55. The van der Waals surface area contributed by atoms with E-state index in [0.717, 1.165) is 22.9 Å². The van der Waals surface area contributed by atoms with E-state index in [1.807, 2.05) is 6.92 Å². The van der Waals surface area contributed by atoms with Crippen LogP contribution >= 0.6 is 11.8 Å². The lowest BCUT2D eigenvalue weighted by atomic mass is 10.1. The molecule has 10 heteroatoms. The maximum Gasteiger partial charge on any atom is 0.255 e. The number of anilines is 1. The number of hydrogen-bond acceptors (Lipinski definition) is 8. The van der Waals surface area contributed by atoms with Crippen LogP contribution in [-0.2, 0) is 12.2 Å². The van der Waals surface area contributed by atoms with Crippen LogP contribution < -0.4 is 20.3 Å². The number of pyridine rings is 1. The van der Waals surface area contributed by atoms with Gasteiger partial charge in [0.15, 0.2) is 11.5 Å². The fourth-order valence-corrected chi connectivity index (χ4v) is 3.61. The number of H-pyrrole nitrogens is 2. The van der Waals surface area contributed by atoms with Crippen LogP contribution in [0.3, 0.4) is 0 Å². The molecular weight excluding hydrogens is 392 g/mol. The van der Waals surface area contributed by atoms with Crippen molar-refractivity contribution in [2.45, 2.75) is 19.1 Å². The van der Waals surface area contributed by atoms with Gasteiger partial charge in [-0.3, -0.25) is 14.8 Å². The number of imidazole rings is 1. The van der Waals surface area contributed by atoms with Gasteiger partial charge in [-0.15, -0.1) is 0 Å². The van der Waals surface area contributed by atoms with E-state index < -0.39 is 0 Å². The molecule has 3 rings (SSSR count). The number of aryl methyl sites for hydroxylation is 1. The van der Waals surface area contributed by atoms with Crippen molar-refractivity contribution in [2.75, 3.05) is 31.8 Å². The van der Waals surface area contributed by atoms with Crippen molar-refractivity contribution in [2.24, 2.45) is 0 Å². The molecule has 3 aromatic heterocycles. The van der Waals surface area contributed by atoms with Gasteiger partial charge in [-0.25, -0.2) is 9.97 Å². The summed E-state index contributed by atoms with van der Waals surface area (Å²) in [5.74, 6) is 3.24. The number of hydrogen-bond donors (Lipinski definition) is 3. The van der Waals surface area contributed by atoms with Gasteiger partial charge in [0.2, 0.25) is 5.95 Å². The topological polar surface area (TPSA) is 118 Å². The molecule has 0 amide bonds. The first-order chi connectivity index (χ1) is 14.1. The Kier molecular flexibility index (Phi) is 7.12. The van der Waals surface area contributed by atoms with Crippen molar-refractivity contribution < 1.29 is 9.47 Å². The van der Waals surface area contributed by atoms with E-state index in [1.54, 1.807) is 50.8 Å². The minimum Gasteiger partial charge on any atom is -0.493 e. The fourth-order valence-electron chi connectivity index (χ4n) is 2.74. The summed E-state index contributed by atoms with van der Waals surface area (Å²) in [7, 11) is 3.11. The lowest BCUT2D eigenvalue weighted by molar-refractivity contribution is 0.350. The van der Waals surface area contributed by atoms with Crippen LogP contribution in [0.1, 0.15) is 22.6 Å². The average Bonchev–Trinajstić information content (AvgIpc) is 3.14. The summed E-state index contributed by atoms with van der Waals surface area (Å²) in [5, 5.41) is 3.14. The Hall–Kier alpha value is -3.01. The van der Waals surface area contributed by atoms with Crippen molar-refractivity contribution in [1.82, 2.24) is 24.9 Å². The maximum absolute atomic E-state index is 12.4. The molecule has 3 aromatic rings. The lowest BCUT2D eigenvalue weighted by Crippen LogP contribution is -2.18. The molecule has 0 unspecified atom stereocenters. The van der Waals surface area contributed by atoms with E-state index >= 15 is 0 Å². The molecule has 0 aliphatic rings. The third kappa shape index (κ3) is 5.29. The second kappa shape index (κ2) is 9.97. The summed E-state index contributed by atoms with van der Waals surface area (Å²) < 4.78 is 10.6. The van der Waals surface area contributed by atoms with Crippen LogP contribution in [0.5, 0.6) is 11.5 Å². The van der Waals surface area contributed by atoms with Crippen LogP contribution in [0, 0.1) is 6.92 Å². The Morgan fingerprint density at radius 3 is 2.72 bits per heavy atom. The number of aromatic amines is 2. The SMILES string of the molecule is COc1ccnc(Cc2cnc(NCCSCc3nc[nH]c3C)[nH]c2=O)c1OC. The van der Waals surface area contributed by atoms with Crippen LogP contribution in [0.2, 0.25) is 0 Å². The average molecular weight is 417 g/mol. The van der Waals surface area contributed by atoms with E-state index in [0.29, 0.717) is 41.7 Å². The minimum absolute atomic E-state index is 0.214. The van der Waals surface area contributed by atoms with E-state index in [4.69, 9.17) is 9.47 Å². The molecule has 0 spiro atoms. The molecule has 0 saturated heterocycles. The standard InChI is InChI=1S/C19H24N6O3S/c1-12-15(24-11-23-12)10-29-7-6-21-19-22-9-13(18(26)25-19)8-14-17(28-3)16(27-2)4-5-20-14/h4-5,9,11H,6-8,10H2,1-3H3,(H,23,24)(H2,21,22,25,26). The second-order valence-corrected chi connectivity index (χ2v) is 7.31. The number of thioether (sulfide) groups is 1. The normalized spacial score (nSPS) is 10.7. The Labute approximate surface area is 172 Å². The zero-order valence-electron chi connectivity index (χ0n) is 16.6. The Morgan fingerprint density at radius 2 is 2.03 bits per heavy atom. The molecular formula is C19H24N6O3S. The summed E-state index contributed by atoms with van der Waals surface area (Å²) in [6.07, 6.45) is 5.18. The van der Waals surface area contributed by atoms with Crippen LogP contribution in [0.25, 0.3) is 0 Å². The zero-order chi connectivity index (χ0) is 20.6. The first-order valence-electron chi connectivity index (χ1n) is 9.07. The van der Waals surface area contributed by atoms with Gasteiger partial charge in [-0.2, -0.15) is 11.8 Å². The molecule has 29 heavy (non-hydrogen) atoms. The number of nitrogens with one attached hydrogen (secondary N) is 3. The molecule has 0 fully saturated rings. The molecule has 0 atom stereocenters. The highest BCUT2D eigenvalue weighted by Crippen LogP contribution is 2.29. The highest BCUT2D eigenvalue weighted by Gasteiger charge is 2.14. The lowest BCUT2D eigenvalue weighted by Gasteiger charge is -2.11. The quantitative estimate of drug-likeness (QED) is 0.430. The molecule has 0 aliphatic heterocycles. The Morgan fingerprint density at radius 1 is 1.17 bits per heavy atom. The summed E-state index contributed by atoms with van der Waals surface area (Å²) >= 11 is 1.76. The fraction of sp³-hybridized carbons (Fsp3) is 0.368. The number of aromatic nitrogens is 5. The summed E-state index contributed by atoms with van der Waals surface area (Å²) in [6, 6.07) is 1.71. The van der Waals surface area contributed by atoms with E-state index in [-0.39, 0.29) is 5.56 Å². The summed E-state index contributed by atoms with van der Waals surface area (Å²) in [4.78, 5) is 31.1. The molecule has 0 radical (unpaired) electrons. The van der Waals surface area contributed by atoms with E-state index in [9.17, 15) is 4.79 Å². The molecule has 9 nitrogen and oxygen atoms in total. The van der Waals surface area contributed by atoms with Gasteiger partial charge < -0.3 is 19.8 Å². The third-order valence-electron chi connectivity index (χ3n) is 4.31. The van der Waals surface area contributed by atoms with Crippen molar-refractivity contribution >= 4 is 17.7 Å². The largest absolute Gasteiger partial charge is 0.493 e. The van der Waals surface area contributed by atoms with Crippen molar-refractivity contribution in [3.8, 4) is 11.5 Å². The van der Waals surface area contributed by atoms with Crippen molar-refractivity contribution in [3.63, 3.8) is 0 Å². The van der Waals surface area contributed by atoms with Gasteiger partial charge in [-0.05, 0) is 6.92 Å². The molecule has 3 heterocycles. The predicted octanol–water partition coefficient (Wildman–Crippen LogP) is 2.15. The van der Waals surface area contributed by atoms with Crippen molar-refractivity contribution in [3.05, 3.63) is 57.8 Å². The van der Waals surface area contributed by atoms with E-state index in [1.165, 1.54) is 0 Å². The Bertz CT molecular complexity index is 1000. The molecule has 0 aromatic carbocycles. The van der Waals surface area contributed by atoms with Gasteiger partial charge in [0.1, 0.15) is 0 Å². The third-order valence-corrected chi connectivity index (χ3v) is 5.28. The van der Waals surface area contributed by atoms with Gasteiger partial charge in [0, 0.05) is 54.2 Å². The molecule has 0 saturated carbocycles. The van der Waals surface area contributed by atoms with Crippen molar-refractivity contribution in [1.29, 1.82) is 0 Å². The van der Waals surface area contributed by atoms with Gasteiger partial charge in [0.05, 0.1) is 31.9 Å². The number of methoxy groups -OCH3 is 2. The van der Waals surface area contributed by atoms with Crippen LogP contribution in [0.4, 0.5) is 5.95 Å². The molecule has 0 aliphatic carbocycles. The first kappa shape index (κ1) is 20.7. The van der Waals surface area contributed by atoms with E-state index in [2.05, 4.69) is 30.2 Å². The second-order valence-electron chi connectivity index (χ2n) is 6.21. The molecule has 0 bridgehead atoms. The van der Waals surface area contributed by atoms with Gasteiger partial charge >= 0.3 is 0 Å². The first-order valence-corrected chi connectivity index (χ1v) is 10.2. The highest BCUT2D eigenvalue weighted by atomic mass is 32.2. The molecule has 154 valence electrons. The number of nitrogens with zero attached hydrogens (tertiary/aromatic N) is 3. The summed E-state index contributed by atoms with van der Waals surface area (Å²) in [6.45, 7) is 2.69. The number of ether oxygens (including phenoxy) is 2. The highest BCUT2D eigenvalue weighted by molar-refractivity contribution is 7.98. The predicted molar refractivity (Wildman–Crippen MR) is 113 cm³/mol. The maximum atomic E-state index is 12.4. The monoisotopic (exact) mass is 416 g/mol. The van der Waals surface area contributed by atoms with Gasteiger partial charge in [-0.1, -0.05) is 0 Å². The van der Waals surface area contributed by atoms with Gasteiger partial charge in [0.25, 0.3) is 5.56 Å². The van der Waals surface area contributed by atoms with Crippen LogP contribution in [0.15, 0.2) is 29.6 Å².